The van der Waals surface area contributed by atoms with Crippen molar-refractivity contribution < 1.29 is 14.1 Å². The number of hydrogen-bond acceptors (Lipinski definition) is 5. The molecular formula is C11H15BrFN3O3. The summed E-state index contributed by atoms with van der Waals surface area (Å²) in [4.78, 5) is 10.3. The number of nitrogens with one attached hydrogen (secondary N) is 2. The number of nitro groups is 1. The first-order chi connectivity index (χ1) is 9.06. The van der Waals surface area contributed by atoms with Crippen LogP contribution in [-0.2, 0) is 4.74 Å². The second kappa shape index (κ2) is 8.03. The molecule has 0 aliphatic carbocycles. The Kier molecular flexibility index (Phi) is 6.68. The average Bonchev–Trinajstić information content (AvgIpc) is 2.37. The summed E-state index contributed by atoms with van der Waals surface area (Å²) in [6, 6.07) is 2.26. The van der Waals surface area contributed by atoms with Crippen LogP contribution in [0.5, 0.6) is 0 Å². The summed E-state index contributed by atoms with van der Waals surface area (Å²) in [6.07, 6.45) is 0. The third-order valence-electron chi connectivity index (χ3n) is 2.34. The molecule has 2 N–H and O–H groups in total. The van der Waals surface area contributed by atoms with Crippen LogP contribution < -0.4 is 10.6 Å². The number of methoxy groups -OCH3 is 1. The maximum absolute atomic E-state index is 13.4. The van der Waals surface area contributed by atoms with Gasteiger partial charge in [-0.2, -0.15) is 0 Å². The zero-order chi connectivity index (χ0) is 14.3. The van der Waals surface area contributed by atoms with E-state index in [1.54, 1.807) is 7.11 Å². The number of benzene rings is 1. The smallest absolute Gasteiger partial charge is 0.293 e. The lowest BCUT2D eigenvalue weighted by atomic mass is 10.2. The number of anilines is 1. The number of ether oxygens (including phenoxy) is 1. The van der Waals surface area contributed by atoms with E-state index in [1.165, 1.54) is 0 Å². The first kappa shape index (κ1) is 15.8. The fourth-order valence-electron chi connectivity index (χ4n) is 1.41. The number of halogens is 2. The fourth-order valence-corrected chi connectivity index (χ4v) is 1.75. The largest absolute Gasteiger partial charge is 0.383 e. The molecule has 0 unspecified atom stereocenters. The molecule has 8 heteroatoms. The molecule has 1 aromatic rings. The molecule has 1 rings (SSSR count). The Morgan fingerprint density at radius 2 is 2.16 bits per heavy atom. The standard InChI is InChI=1S/C11H15BrFN3O3/c1-19-5-4-14-2-3-15-10-7-9(13)8(12)6-11(10)16(17)18/h6-7,14-15H,2-5H2,1H3. The van der Waals surface area contributed by atoms with Crippen LogP contribution in [0.1, 0.15) is 0 Å². The van der Waals surface area contributed by atoms with Crippen LogP contribution in [0, 0.1) is 15.9 Å². The molecule has 0 spiro atoms. The van der Waals surface area contributed by atoms with E-state index in [1.807, 2.05) is 0 Å². The van der Waals surface area contributed by atoms with E-state index in [0.717, 1.165) is 12.1 Å². The summed E-state index contributed by atoms with van der Waals surface area (Å²) >= 11 is 2.93. The molecule has 19 heavy (non-hydrogen) atoms. The minimum Gasteiger partial charge on any atom is -0.383 e. The van der Waals surface area contributed by atoms with Gasteiger partial charge in [0.25, 0.3) is 5.69 Å². The average molecular weight is 336 g/mol. The summed E-state index contributed by atoms with van der Waals surface area (Å²) < 4.78 is 18.3. The molecule has 0 bridgehead atoms. The van der Waals surface area contributed by atoms with Crippen molar-refractivity contribution in [1.82, 2.24) is 5.32 Å². The quantitative estimate of drug-likeness (QED) is 0.432. The van der Waals surface area contributed by atoms with Crippen LogP contribution in [0.25, 0.3) is 0 Å². The Morgan fingerprint density at radius 3 is 2.79 bits per heavy atom. The predicted molar refractivity (Wildman–Crippen MR) is 74.0 cm³/mol. The molecular weight excluding hydrogens is 321 g/mol. The van der Waals surface area contributed by atoms with Crippen molar-refractivity contribution >= 4 is 27.3 Å². The Hall–Kier alpha value is -1.25. The second-order valence-electron chi connectivity index (χ2n) is 3.71. The Bertz CT molecular complexity index is 445. The van der Waals surface area contributed by atoms with E-state index in [9.17, 15) is 14.5 Å². The SMILES string of the molecule is COCCNCCNc1cc(F)c(Br)cc1[N+](=O)[O-]. The molecule has 106 valence electrons. The van der Waals surface area contributed by atoms with Crippen LogP contribution in [0.4, 0.5) is 15.8 Å². The highest BCUT2D eigenvalue weighted by Crippen LogP contribution is 2.30. The third-order valence-corrected chi connectivity index (χ3v) is 2.94. The van der Waals surface area contributed by atoms with Crippen molar-refractivity contribution in [3.05, 3.63) is 32.5 Å². The van der Waals surface area contributed by atoms with Crippen LogP contribution in [0.15, 0.2) is 16.6 Å². The van der Waals surface area contributed by atoms with E-state index >= 15 is 0 Å². The lowest BCUT2D eigenvalue weighted by Crippen LogP contribution is -2.25. The van der Waals surface area contributed by atoms with Crippen LogP contribution in [-0.4, -0.2) is 38.3 Å². The van der Waals surface area contributed by atoms with Crippen molar-refractivity contribution in [2.45, 2.75) is 0 Å². The summed E-state index contributed by atoms with van der Waals surface area (Å²) in [5, 5.41) is 16.8. The molecule has 0 saturated heterocycles. The summed E-state index contributed by atoms with van der Waals surface area (Å²) in [7, 11) is 1.61. The van der Waals surface area contributed by atoms with Crippen molar-refractivity contribution in [3.63, 3.8) is 0 Å². The lowest BCUT2D eigenvalue weighted by molar-refractivity contribution is -0.384. The van der Waals surface area contributed by atoms with Crippen molar-refractivity contribution in [2.75, 3.05) is 38.7 Å². The van der Waals surface area contributed by atoms with E-state index in [2.05, 4.69) is 26.6 Å². The first-order valence-corrected chi connectivity index (χ1v) is 6.42. The second-order valence-corrected chi connectivity index (χ2v) is 4.56. The Balaban J connectivity index is 2.57. The zero-order valence-electron chi connectivity index (χ0n) is 10.4. The normalized spacial score (nSPS) is 10.5. The first-order valence-electron chi connectivity index (χ1n) is 5.63. The number of nitro benzene ring substituents is 1. The monoisotopic (exact) mass is 335 g/mol. The molecule has 0 atom stereocenters. The van der Waals surface area contributed by atoms with Crippen LogP contribution in [0.3, 0.4) is 0 Å². The van der Waals surface area contributed by atoms with Crippen molar-refractivity contribution in [2.24, 2.45) is 0 Å². The van der Waals surface area contributed by atoms with Gasteiger partial charge < -0.3 is 15.4 Å². The lowest BCUT2D eigenvalue weighted by Gasteiger charge is -2.09. The van der Waals surface area contributed by atoms with Gasteiger partial charge in [0.2, 0.25) is 0 Å². The molecule has 0 aliphatic heterocycles. The highest BCUT2D eigenvalue weighted by molar-refractivity contribution is 9.10. The molecule has 0 aromatic heterocycles. The number of rotatable bonds is 8. The van der Waals surface area contributed by atoms with Gasteiger partial charge in [-0.05, 0) is 15.9 Å². The predicted octanol–water partition coefficient (Wildman–Crippen LogP) is 2.14. The Morgan fingerprint density at radius 1 is 1.42 bits per heavy atom. The zero-order valence-corrected chi connectivity index (χ0v) is 12.0. The van der Waals surface area contributed by atoms with Crippen LogP contribution in [0.2, 0.25) is 0 Å². The Labute approximate surface area is 118 Å². The molecule has 0 aliphatic rings. The van der Waals surface area contributed by atoms with E-state index in [4.69, 9.17) is 4.74 Å². The highest BCUT2D eigenvalue weighted by Gasteiger charge is 2.16. The van der Waals surface area contributed by atoms with Gasteiger partial charge in [0.1, 0.15) is 11.5 Å². The van der Waals surface area contributed by atoms with Gasteiger partial charge in [-0.15, -0.1) is 0 Å². The number of hydrogen-bond donors (Lipinski definition) is 2. The summed E-state index contributed by atoms with van der Waals surface area (Å²) in [5.41, 5.74) is 0.00408. The van der Waals surface area contributed by atoms with Crippen molar-refractivity contribution in [3.8, 4) is 0 Å². The maximum atomic E-state index is 13.4. The van der Waals surface area contributed by atoms with Gasteiger partial charge in [-0.3, -0.25) is 10.1 Å². The molecule has 0 heterocycles. The number of nitrogens with zero attached hydrogens (tertiary/aromatic N) is 1. The highest BCUT2D eigenvalue weighted by atomic mass is 79.9. The minimum atomic E-state index is -0.551. The van der Waals surface area contributed by atoms with Crippen LogP contribution >= 0.6 is 15.9 Å². The van der Waals surface area contributed by atoms with Gasteiger partial charge in [0, 0.05) is 38.9 Å². The fraction of sp³-hybridized carbons (Fsp3) is 0.455. The van der Waals surface area contributed by atoms with Gasteiger partial charge in [0.05, 0.1) is 16.0 Å². The molecule has 0 saturated carbocycles. The third kappa shape index (κ3) is 5.09. The van der Waals surface area contributed by atoms with E-state index in [0.29, 0.717) is 26.2 Å². The van der Waals surface area contributed by atoms with Gasteiger partial charge in [-0.25, -0.2) is 4.39 Å². The van der Waals surface area contributed by atoms with Crippen molar-refractivity contribution in [1.29, 1.82) is 0 Å². The van der Waals surface area contributed by atoms with Gasteiger partial charge in [0.15, 0.2) is 0 Å². The molecule has 0 radical (unpaired) electrons. The minimum absolute atomic E-state index is 0.0722. The molecule has 6 nitrogen and oxygen atoms in total. The maximum Gasteiger partial charge on any atom is 0.293 e. The van der Waals surface area contributed by atoms with E-state index < -0.39 is 10.7 Å². The molecule has 0 fully saturated rings. The van der Waals surface area contributed by atoms with Gasteiger partial charge >= 0.3 is 0 Å². The van der Waals surface area contributed by atoms with E-state index in [-0.39, 0.29) is 15.8 Å². The summed E-state index contributed by atoms with van der Waals surface area (Å²) in [6.45, 7) is 2.33. The topological polar surface area (TPSA) is 76.4 Å². The van der Waals surface area contributed by atoms with Gasteiger partial charge in [-0.1, -0.05) is 0 Å². The molecule has 1 aromatic carbocycles. The molecule has 0 amide bonds. The summed E-state index contributed by atoms with van der Waals surface area (Å²) in [5.74, 6) is -0.541.